The van der Waals surface area contributed by atoms with Crippen LogP contribution < -0.4 is 0 Å². The van der Waals surface area contributed by atoms with Gasteiger partial charge in [0.15, 0.2) is 15.7 Å². The Bertz CT molecular complexity index is 694. The van der Waals surface area contributed by atoms with Gasteiger partial charge in [0.05, 0.1) is 27.8 Å². The van der Waals surface area contributed by atoms with Gasteiger partial charge < -0.3 is 4.74 Å². The van der Waals surface area contributed by atoms with Gasteiger partial charge in [0, 0.05) is 6.92 Å². The molecule has 0 fully saturated rings. The van der Waals surface area contributed by atoms with Crippen molar-refractivity contribution in [1.29, 1.82) is 0 Å². The summed E-state index contributed by atoms with van der Waals surface area (Å²) in [6.45, 7) is 6.30. The molecule has 4 heteroatoms. The number of rotatable bonds is 3. The first kappa shape index (κ1) is 16.5. The monoisotopic (exact) mass is 344 g/mol. The molecule has 0 aromatic heterocycles. The summed E-state index contributed by atoms with van der Waals surface area (Å²) in [4.78, 5) is 10.4. The molecule has 1 aliphatic rings. The van der Waals surface area contributed by atoms with Crippen LogP contribution in [0, 0.1) is 0 Å². The van der Waals surface area contributed by atoms with Crippen molar-refractivity contribution >= 4 is 28.6 Å². The summed E-state index contributed by atoms with van der Waals surface area (Å²) in [6, 6.07) is 17.5. The molecule has 0 spiro atoms. The minimum atomic E-state index is -0.161. The van der Waals surface area contributed by atoms with Crippen molar-refractivity contribution in [1.82, 2.24) is 0 Å². The van der Waals surface area contributed by atoms with E-state index >= 15 is 0 Å². The fourth-order valence-corrected chi connectivity index (χ4v) is 6.87. The minimum Gasteiger partial charge on any atom is -0.484 e. The van der Waals surface area contributed by atoms with E-state index in [-0.39, 0.29) is 16.4 Å². The number of methoxy groups -OCH3 is 1. The second-order valence-corrected chi connectivity index (χ2v) is 9.21. The van der Waals surface area contributed by atoms with Crippen LogP contribution in [-0.2, 0) is 15.6 Å². The topological polar surface area (TPSA) is 21.6 Å². The molecule has 23 heavy (non-hydrogen) atoms. The van der Waals surface area contributed by atoms with Crippen LogP contribution in [0.1, 0.15) is 20.8 Å². The van der Waals surface area contributed by atoms with Gasteiger partial charge in [0.2, 0.25) is 0 Å². The van der Waals surface area contributed by atoms with Crippen molar-refractivity contribution in [2.24, 2.45) is 4.99 Å². The maximum Gasteiger partial charge on any atom is 0.180 e. The quantitative estimate of drug-likeness (QED) is 0.442. The fraction of sp³-hybridized carbons (Fsp3) is 0.316. The largest absolute Gasteiger partial charge is 0.484 e. The van der Waals surface area contributed by atoms with Crippen LogP contribution in [0.4, 0.5) is 0 Å². The lowest BCUT2D eigenvalue weighted by atomic mass is 10.1. The predicted octanol–water partition coefficient (Wildman–Crippen LogP) is 5.03. The lowest BCUT2D eigenvalue weighted by Gasteiger charge is -2.24. The van der Waals surface area contributed by atoms with E-state index in [9.17, 15) is 0 Å². The molecule has 120 valence electrons. The Kier molecular flexibility index (Phi) is 4.74. The summed E-state index contributed by atoms with van der Waals surface area (Å²) in [5, 5.41) is 0. The van der Waals surface area contributed by atoms with Crippen LogP contribution in [0.25, 0.3) is 0 Å². The van der Waals surface area contributed by atoms with Crippen molar-refractivity contribution in [2.45, 2.75) is 45.9 Å². The SMILES string of the molecule is COC(C)=NC(C)(C)C[S+]1c2ccccc2Sc2ccccc21. The molecule has 3 rings (SSSR count). The Morgan fingerprint density at radius 3 is 2.09 bits per heavy atom. The van der Waals surface area contributed by atoms with E-state index in [4.69, 9.17) is 9.73 Å². The fourth-order valence-electron chi connectivity index (χ4n) is 2.73. The highest BCUT2D eigenvalue weighted by Gasteiger charge is 2.40. The molecule has 0 atom stereocenters. The Labute approximate surface area is 145 Å². The number of hydrogen-bond donors (Lipinski definition) is 0. The number of fused-ring (bicyclic) bond motifs is 2. The Morgan fingerprint density at radius 2 is 1.57 bits per heavy atom. The summed E-state index contributed by atoms with van der Waals surface area (Å²) in [7, 11) is 1.71. The second kappa shape index (κ2) is 6.62. The molecule has 2 aromatic rings. The van der Waals surface area contributed by atoms with Crippen LogP contribution in [0.15, 0.2) is 73.1 Å². The Balaban J connectivity index is 2.02. The third-order valence-electron chi connectivity index (χ3n) is 3.70. The first-order valence-electron chi connectivity index (χ1n) is 7.67. The lowest BCUT2D eigenvalue weighted by Crippen LogP contribution is -2.31. The van der Waals surface area contributed by atoms with E-state index in [2.05, 4.69) is 62.4 Å². The third-order valence-corrected chi connectivity index (χ3v) is 7.88. The van der Waals surface area contributed by atoms with Crippen LogP contribution in [0.2, 0.25) is 0 Å². The summed E-state index contributed by atoms with van der Waals surface area (Å²) < 4.78 is 5.26. The van der Waals surface area contributed by atoms with Gasteiger partial charge in [-0.3, -0.25) is 0 Å². The molecule has 0 unspecified atom stereocenters. The van der Waals surface area contributed by atoms with Crippen LogP contribution in [0.3, 0.4) is 0 Å². The van der Waals surface area contributed by atoms with E-state index < -0.39 is 0 Å². The summed E-state index contributed by atoms with van der Waals surface area (Å²) in [5.41, 5.74) is -0.161. The minimum absolute atomic E-state index is 0.0341. The van der Waals surface area contributed by atoms with E-state index in [1.165, 1.54) is 19.6 Å². The van der Waals surface area contributed by atoms with Crippen molar-refractivity contribution in [3.63, 3.8) is 0 Å². The van der Waals surface area contributed by atoms with E-state index in [0.29, 0.717) is 0 Å². The molecule has 1 heterocycles. The highest BCUT2D eigenvalue weighted by molar-refractivity contribution is 8.04. The summed E-state index contributed by atoms with van der Waals surface area (Å²) >= 11 is 1.88. The summed E-state index contributed by atoms with van der Waals surface area (Å²) in [6.07, 6.45) is 0. The van der Waals surface area contributed by atoms with Gasteiger partial charge in [-0.1, -0.05) is 36.0 Å². The molecule has 2 aromatic carbocycles. The van der Waals surface area contributed by atoms with Gasteiger partial charge in [-0.15, -0.1) is 0 Å². The molecular weight excluding hydrogens is 322 g/mol. The van der Waals surface area contributed by atoms with Crippen LogP contribution in [0.5, 0.6) is 0 Å². The Morgan fingerprint density at radius 1 is 1.04 bits per heavy atom. The van der Waals surface area contributed by atoms with Crippen LogP contribution in [-0.4, -0.2) is 24.3 Å². The zero-order valence-corrected chi connectivity index (χ0v) is 15.6. The number of aliphatic imine (C=N–C) groups is 1. The smallest absolute Gasteiger partial charge is 0.180 e. The molecular formula is C19H22NOS2+. The second-order valence-electron chi connectivity index (χ2n) is 6.18. The third kappa shape index (κ3) is 3.59. The number of hydrogen-bond acceptors (Lipinski definition) is 3. The van der Waals surface area contributed by atoms with Gasteiger partial charge >= 0.3 is 0 Å². The van der Waals surface area contributed by atoms with Gasteiger partial charge in [0.1, 0.15) is 11.3 Å². The van der Waals surface area contributed by atoms with E-state index in [1.807, 2.05) is 18.7 Å². The molecule has 1 aliphatic heterocycles. The molecule has 0 amide bonds. The molecule has 0 N–H and O–H groups in total. The average molecular weight is 345 g/mol. The molecule has 0 aliphatic carbocycles. The van der Waals surface area contributed by atoms with Gasteiger partial charge in [0.25, 0.3) is 0 Å². The molecule has 0 radical (unpaired) electrons. The average Bonchev–Trinajstić information content (AvgIpc) is 2.54. The predicted molar refractivity (Wildman–Crippen MR) is 100.0 cm³/mol. The van der Waals surface area contributed by atoms with Crippen LogP contribution >= 0.6 is 11.8 Å². The van der Waals surface area contributed by atoms with Crippen molar-refractivity contribution in [3.05, 3.63) is 48.5 Å². The van der Waals surface area contributed by atoms with Crippen molar-refractivity contribution < 1.29 is 4.74 Å². The highest BCUT2D eigenvalue weighted by Crippen LogP contribution is 2.46. The number of nitrogens with zero attached hydrogens (tertiary/aromatic N) is 1. The first-order valence-corrected chi connectivity index (χ1v) is 9.88. The van der Waals surface area contributed by atoms with Gasteiger partial charge in [-0.25, -0.2) is 4.99 Å². The zero-order valence-electron chi connectivity index (χ0n) is 14.0. The zero-order chi connectivity index (χ0) is 16.4. The lowest BCUT2D eigenvalue weighted by molar-refractivity contribution is 0.388. The normalized spacial score (nSPS) is 15.0. The molecule has 0 saturated carbocycles. The van der Waals surface area contributed by atoms with Crippen molar-refractivity contribution in [3.8, 4) is 0 Å². The highest BCUT2D eigenvalue weighted by atomic mass is 32.2. The van der Waals surface area contributed by atoms with E-state index in [1.54, 1.807) is 7.11 Å². The molecule has 0 bridgehead atoms. The first-order chi connectivity index (χ1) is 11.0. The number of benzene rings is 2. The Hall–Kier alpha value is -1.39. The van der Waals surface area contributed by atoms with E-state index in [0.717, 1.165) is 11.7 Å². The standard InChI is InChI=1S/C19H22NOS2/c1-14(21-4)20-19(2,3)13-23-17-11-7-5-9-15(17)22-16-10-6-8-12-18(16)23/h5-12H,13H2,1-4H3/q+1. The van der Waals surface area contributed by atoms with Crippen molar-refractivity contribution in [2.75, 3.05) is 12.9 Å². The number of ether oxygens (including phenoxy) is 1. The molecule has 2 nitrogen and oxygen atoms in total. The molecule has 0 saturated heterocycles. The van der Waals surface area contributed by atoms with Gasteiger partial charge in [-0.2, -0.15) is 0 Å². The maximum atomic E-state index is 5.26. The maximum absolute atomic E-state index is 5.26. The van der Waals surface area contributed by atoms with Gasteiger partial charge in [-0.05, 0) is 38.1 Å². The summed E-state index contributed by atoms with van der Waals surface area (Å²) in [5.74, 6) is 1.73.